The third-order valence-electron chi connectivity index (χ3n) is 8.69. The van der Waals surface area contributed by atoms with E-state index in [2.05, 4.69) is 10.1 Å². The van der Waals surface area contributed by atoms with Gasteiger partial charge in [-0.05, 0) is 47.6 Å². The Bertz CT molecular complexity index is 2680. The quantitative estimate of drug-likeness (QED) is 0.157. The molecular formula is C33H21ClN2O10. The number of hydrogen-bond acceptors (Lipinski definition) is 11. The summed E-state index contributed by atoms with van der Waals surface area (Å²) in [6.07, 6.45) is 1.34. The number of methoxy groups -OCH3 is 1. The number of pyridine rings is 1. The van der Waals surface area contributed by atoms with Crippen LogP contribution >= 0.6 is 11.6 Å². The van der Waals surface area contributed by atoms with Crippen molar-refractivity contribution >= 4 is 40.1 Å². The van der Waals surface area contributed by atoms with Crippen LogP contribution in [0.1, 0.15) is 28.8 Å². The van der Waals surface area contributed by atoms with E-state index in [0.29, 0.717) is 16.0 Å². The second kappa shape index (κ2) is 10.1. The van der Waals surface area contributed by atoms with Crippen molar-refractivity contribution in [2.24, 2.45) is 5.16 Å². The molecule has 4 aliphatic rings. The first-order valence-electron chi connectivity index (χ1n) is 13.9. The summed E-state index contributed by atoms with van der Waals surface area (Å²) in [7, 11) is 1.12. The summed E-state index contributed by atoms with van der Waals surface area (Å²) >= 11 is 5.89. The average molecular weight is 641 g/mol. The predicted molar refractivity (Wildman–Crippen MR) is 167 cm³/mol. The Labute approximate surface area is 260 Å². The Balaban J connectivity index is 1.39. The maximum atomic E-state index is 13.6. The summed E-state index contributed by atoms with van der Waals surface area (Å²) in [4.78, 5) is 74.1. The number of phenolic OH excluding ortho intramolecular Hbond substituents is 1. The first-order valence-corrected chi connectivity index (χ1v) is 14.3. The minimum absolute atomic E-state index is 0.0745. The SMILES string of the molecule is COc1cc(=O)c2c(=O)c3c(c(=O)c=2c1=O)=C(O)[C@]1(CCc2cc4cc(/C=N/OCc5ccc(Cl)cc5)[nH]c(=O)c4c(O)c21)C=3O. The Morgan fingerprint density at radius 2 is 1.59 bits per heavy atom. The summed E-state index contributed by atoms with van der Waals surface area (Å²) in [6.45, 7) is 0.149. The molecule has 1 atom stereocenters. The lowest BCUT2D eigenvalue weighted by Crippen LogP contribution is -2.51. The molecule has 0 aliphatic heterocycles. The predicted octanol–water partition coefficient (Wildman–Crippen LogP) is 0.718. The topological polar surface area (TPSA) is 193 Å². The van der Waals surface area contributed by atoms with Gasteiger partial charge in [0.1, 0.15) is 29.3 Å². The van der Waals surface area contributed by atoms with Crippen LogP contribution in [0.25, 0.3) is 22.3 Å². The Morgan fingerprint density at radius 3 is 2.26 bits per heavy atom. The largest absolute Gasteiger partial charge is 0.510 e. The molecule has 1 spiro atoms. The summed E-state index contributed by atoms with van der Waals surface area (Å²) in [5, 5.41) is 36.5. The molecule has 1 aromatic heterocycles. The number of nitrogens with zero attached hydrogens (tertiary/aromatic N) is 1. The Morgan fingerprint density at radius 1 is 0.913 bits per heavy atom. The smallest absolute Gasteiger partial charge is 0.260 e. The Kier molecular flexibility index (Phi) is 6.39. The molecule has 0 saturated heterocycles. The van der Waals surface area contributed by atoms with E-state index in [9.17, 15) is 39.3 Å². The van der Waals surface area contributed by atoms with Crippen LogP contribution in [0.15, 0.2) is 71.6 Å². The van der Waals surface area contributed by atoms with Gasteiger partial charge in [-0.3, -0.25) is 24.0 Å². The van der Waals surface area contributed by atoms with E-state index < -0.39 is 76.6 Å². The molecule has 0 unspecified atom stereocenters. The van der Waals surface area contributed by atoms with Crippen LogP contribution in [-0.4, -0.2) is 33.6 Å². The molecule has 13 heteroatoms. The van der Waals surface area contributed by atoms with Crippen LogP contribution in [0.5, 0.6) is 11.5 Å². The highest BCUT2D eigenvalue weighted by atomic mass is 35.5. The van der Waals surface area contributed by atoms with E-state index in [1.165, 1.54) is 6.21 Å². The second-order valence-electron chi connectivity index (χ2n) is 11.1. The third-order valence-corrected chi connectivity index (χ3v) is 8.94. The van der Waals surface area contributed by atoms with Gasteiger partial charge in [0, 0.05) is 16.7 Å². The van der Waals surface area contributed by atoms with Gasteiger partial charge in [-0.1, -0.05) is 35.0 Å². The lowest BCUT2D eigenvalue weighted by atomic mass is 9.78. The number of ether oxygens (including phenoxy) is 1. The number of aryl methyl sites for hydroxylation is 1. The van der Waals surface area contributed by atoms with Gasteiger partial charge >= 0.3 is 0 Å². The molecule has 0 saturated carbocycles. The van der Waals surface area contributed by atoms with Crippen molar-refractivity contribution in [3.05, 3.63) is 142 Å². The highest BCUT2D eigenvalue weighted by Crippen LogP contribution is 2.54. The van der Waals surface area contributed by atoms with Gasteiger partial charge in [-0.15, -0.1) is 0 Å². The lowest BCUT2D eigenvalue weighted by molar-refractivity contribution is 0.132. The van der Waals surface area contributed by atoms with Crippen molar-refractivity contribution in [3.8, 4) is 11.5 Å². The van der Waals surface area contributed by atoms with Crippen LogP contribution in [0.4, 0.5) is 0 Å². The van der Waals surface area contributed by atoms with Crippen molar-refractivity contribution in [2.75, 3.05) is 7.11 Å². The number of aliphatic hydroxyl groups excluding tert-OH is 2. The number of benzene rings is 2. The normalized spacial score (nSPS) is 17.0. The number of aliphatic hydroxyl groups is 2. The summed E-state index contributed by atoms with van der Waals surface area (Å²) < 4.78 is 4.90. The molecule has 230 valence electrons. The van der Waals surface area contributed by atoms with Gasteiger partial charge in [0.15, 0.2) is 11.2 Å². The van der Waals surface area contributed by atoms with Crippen LogP contribution < -0.4 is 42.4 Å². The van der Waals surface area contributed by atoms with Crippen molar-refractivity contribution < 1.29 is 24.9 Å². The maximum absolute atomic E-state index is 13.6. The monoisotopic (exact) mass is 640 g/mol. The highest BCUT2D eigenvalue weighted by molar-refractivity contribution is 6.30. The number of halogens is 1. The van der Waals surface area contributed by atoms with Gasteiger partial charge in [0.25, 0.3) is 5.56 Å². The zero-order chi connectivity index (χ0) is 32.7. The number of phenols is 1. The molecule has 0 amide bonds. The maximum Gasteiger partial charge on any atom is 0.260 e. The van der Waals surface area contributed by atoms with Gasteiger partial charge in [-0.2, -0.15) is 0 Å². The molecule has 0 bridgehead atoms. The second-order valence-corrected chi connectivity index (χ2v) is 11.5. The van der Waals surface area contributed by atoms with E-state index in [4.69, 9.17) is 21.2 Å². The minimum atomic E-state index is -1.98. The molecule has 1 heterocycles. The molecule has 0 fully saturated rings. The van der Waals surface area contributed by atoms with E-state index in [1.54, 1.807) is 36.4 Å². The molecule has 7 rings (SSSR count). The summed E-state index contributed by atoms with van der Waals surface area (Å²) in [5.74, 6) is -2.58. The first-order chi connectivity index (χ1) is 22.0. The van der Waals surface area contributed by atoms with Crippen molar-refractivity contribution in [3.63, 3.8) is 0 Å². The molecular weight excluding hydrogens is 620 g/mol. The van der Waals surface area contributed by atoms with E-state index in [0.717, 1.165) is 18.7 Å². The van der Waals surface area contributed by atoms with Gasteiger partial charge in [-0.25, -0.2) is 0 Å². The van der Waals surface area contributed by atoms with Crippen molar-refractivity contribution in [1.82, 2.24) is 4.98 Å². The number of rotatable bonds is 5. The number of fused-ring (bicyclic) bond motifs is 4. The number of hydrogen-bond donors (Lipinski definition) is 4. The average Bonchev–Trinajstić information content (AvgIpc) is 3.52. The fourth-order valence-electron chi connectivity index (χ4n) is 6.62. The number of aromatic amines is 1. The number of aromatic hydroxyl groups is 1. The van der Waals surface area contributed by atoms with Gasteiger partial charge < -0.3 is 29.9 Å². The fourth-order valence-corrected chi connectivity index (χ4v) is 6.75. The third kappa shape index (κ3) is 3.86. The van der Waals surface area contributed by atoms with Crippen LogP contribution in [-0.2, 0) is 23.3 Å². The molecule has 46 heavy (non-hydrogen) atoms. The zero-order valence-corrected chi connectivity index (χ0v) is 24.5. The summed E-state index contributed by atoms with van der Waals surface area (Å²) in [6, 6.07) is 10.9. The van der Waals surface area contributed by atoms with E-state index in [1.807, 2.05) is 0 Å². The Hall–Kier alpha value is -5.75. The number of nitrogens with one attached hydrogen (secondary N) is 1. The van der Waals surface area contributed by atoms with Crippen LogP contribution in [0.2, 0.25) is 5.02 Å². The minimum Gasteiger partial charge on any atom is -0.510 e. The molecule has 2 aromatic carbocycles. The molecule has 12 nitrogen and oxygen atoms in total. The van der Waals surface area contributed by atoms with Crippen molar-refractivity contribution in [1.29, 1.82) is 0 Å². The molecule has 4 aliphatic carbocycles. The van der Waals surface area contributed by atoms with Crippen molar-refractivity contribution in [2.45, 2.75) is 24.9 Å². The van der Waals surface area contributed by atoms with Gasteiger partial charge in [0.2, 0.25) is 16.3 Å². The summed E-state index contributed by atoms with van der Waals surface area (Å²) in [5.41, 5.74) is -5.53. The zero-order valence-electron chi connectivity index (χ0n) is 23.8. The number of aromatic nitrogens is 1. The lowest BCUT2D eigenvalue weighted by Gasteiger charge is -2.27. The van der Waals surface area contributed by atoms with Gasteiger partial charge in [0.05, 0.1) is 45.3 Å². The first kappa shape index (κ1) is 29.0. The standard InChI is InChI=1S/C33H21ClN2O10/c1-45-19-10-18(37)21-22(26(19)38)28(40)24-23(27(21)39)30(42)33(31(24)43)7-6-14-8-15-9-17(36-32(44)20(15)29(41)25(14)33)11-35-46-12-13-2-4-16(34)5-3-13/h2-5,8-11,41-43H,6-7,12H2,1H3,(H,36,44)/b35-11+/t33-/m0/s1. The van der Waals surface area contributed by atoms with E-state index in [-0.39, 0.29) is 36.1 Å². The highest BCUT2D eigenvalue weighted by Gasteiger charge is 2.53. The number of H-pyrrole nitrogens is 1. The van der Waals surface area contributed by atoms with Crippen LogP contribution in [0, 0.1) is 10.4 Å². The molecule has 4 N–H and O–H groups in total. The van der Waals surface area contributed by atoms with Crippen LogP contribution in [0.3, 0.4) is 0 Å². The van der Waals surface area contributed by atoms with E-state index >= 15 is 0 Å². The fraction of sp³-hybridized carbons (Fsp3) is 0.152. The number of oxime groups is 1. The molecule has 3 aromatic rings. The molecule has 0 radical (unpaired) electrons.